The van der Waals surface area contributed by atoms with E-state index in [9.17, 15) is 9.59 Å². The normalized spacial score (nSPS) is 17.2. The number of amides is 2. The van der Waals surface area contributed by atoms with E-state index in [0.29, 0.717) is 17.0 Å². The van der Waals surface area contributed by atoms with Crippen LogP contribution in [0.2, 0.25) is 0 Å². The number of imide groups is 1. The Balaban J connectivity index is 1.77. The predicted octanol–water partition coefficient (Wildman–Crippen LogP) is 4.08. The van der Waals surface area contributed by atoms with Gasteiger partial charge in [-0.3, -0.25) is 14.5 Å². The first-order valence-electron chi connectivity index (χ1n) is 10.6. The number of benzene rings is 2. The van der Waals surface area contributed by atoms with E-state index in [4.69, 9.17) is 4.74 Å². The summed E-state index contributed by atoms with van der Waals surface area (Å²) >= 11 is 0. The minimum Gasteiger partial charge on any atom is -0.496 e. The van der Waals surface area contributed by atoms with Crippen LogP contribution in [0.3, 0.4) is 0 Å². The third kappa shape index (κ3) is 3.60. The van der Waals surface area contributed by atoms with Gasteiger partial charge < -0.3 is 9.64 Å². The summed E-state index contributed by atoms with van der Waals surface area (Å²) in [4.78, 5) is 30.6. The number of aryl methyl sites for hydroxylation is 2. The van der Waals surface area contributed by atoms with Crippen LogP contribution < -0.4 is 4.74 Å². The number of carbonyl (C=O) groups excluding carboxylic acids is 2. The molecule has 0 aromatic heterocycles. The van der Waals surface area contributed by atoms with Gasteiger partial charge in [-0.15, -0.1) is 0 Å². The number of piperidine rings is 1. The van der Waals surface area contributed by atoms with E-state index in [1.54, 1.807) is 7.11 Å². The van der Waals surface area contributed by atoms with Crippen LogP contribution >= 0.6 is 0 Å². The first-order chi connectivity index (χ1) is 14.5. The summed E-state index contributed by atoms with van der Waals surface area (Å²) in [6.45, 7) is 5.86. The van der Waals surface area contributed by atoms with E-state index >= 15 is 0 Å². The van der Waals surface area contributed by atoms with Crippen LogP contribution in [0.1, 0.15) is 41.5 Å². The van der Waals surface area contributed by atoms with Crippen molar-refractivity contribution in [2.45, 2.75) is 39.7 Å². The maximum atomic E-state index is 13.6. The lowest BCUT2D eigenvalue weighted by Gasteiger charge is -2.29. The van der Waals surface area contributed by atoms with Crippen molar-refractivity contribution in [1.82, 2.24) is 9.80 Å². The summed E-state index contributed by atoms with van der Waals surface area (Å²) in [7, 11) is 1.60. The highest BCUT2D eigenvalue weighted by Gasteiger charge is 2.42. The van der Waals surface area contributed by atoms with Crippen LogP contribution in [-0.4, -0.2) is 41.8 Å². The van der Waals surface area contributed by atoms with E-state index in [1.165, 1.54) is 4.90 Å². The van der Waals surface area contributed by atoms with E-state index in [2.05, 4.69) is 11.0 Å². The van der Waals surface area contributed by atoms with Gasteiger partial charge in [0.1, 0.15) is 11.4 Å². The quantitative estimate of drug-likeness (QED) is 0.705. The third-order valence-electron chi connectivity index (χ3n) is 5.99. The maximum absolute atomic E-state index is 13.6. The number of rotatable bonds is 5. The highest BCUT2D eigenvalue weighted by molar-refractivity contribution is 6.35. The number of ether oxygens (including phenoxy) is 1. The van der Waals surface area contributed by atoms with Gasteiger partial charge in [0.2, 0.25) is 0 Å². The summed E-state index contributed by atoms with van der Waals surface area (Å²) in [5.41, 5.74) is 4.92. The molecule has 0 aliphatic carbocycles. The molecule has 0 bridgehead atoms. The van der Waals surface area contributed by atoms with Crippen molar-refractivity contribution >= 4 is 17.4 Å². The lowest BCUT2D eigenvalue weighted by molar-refractivity contribution is -0.138. The van der Waals surface area contributed by atoms with Gasteiger partial charge in [-0.25, -0.2) is 0 Å². The van der Waals surface area contributed by atoms with Crippen molar-refractivity contribution in [1.29, 1.82) is 0 Å². The molecule has 4 rings (SSSR count). The molecule has 2 heterocycles. The molecule has 0 saturated carbocycles. The van der Waals surface area contributed by atoms with Gasteiger partial charge in [-0.1, -0.05) is 42.0 Å². The Hall–Kier alpha value is -3.08. The molecule has 2 aliphatic rings. The summed E-state index contributed by atoms with van der Waals surface area (Å²) < 4.78 is 5.44. The number of hydrogen-bond acceptors (Lipinski definition) is 4. The fourth-order valence-electron chi connectivity index (χ4n) is 4.46. The van der Waals surface area contributed by atoms with Crippen molar-refractivity contribution in [2.24, 2.45) is 0 Å². The summed E-state index contributed by atoms with van der Waals surface area (Å²) in [5, 5.41) is 0. The molecular weight excluding hydrogens is 376 g/mol. The smallest absolute Gasteiger partial charge is 0.278 e. The average molecular weight is 405 g/mol. The summed E-state index contributed by atoms with van der Waals surface area (Å²) in [6.07, 6.45) is 3.24. The second-order valence-electron chi connectivity index (χ2n) is 8.10. The Morgan fingerprint density at radius 1 is 0.933 bits per heavy atom. The lowest BCUT2D eigenvalue weighted by Crippen LogP contribution is -2.37. The molecule has 2 aliphatic heterocycles. The number of hydrogen-bond donors (Lipinski definition) is 0. The van der Waals surface area contributed by atoms with Crippen molar-refractivity contribution < 1.29 is 14.3 Å². The molecule has 0 radical (unpaired) electrons. The second-order valence-corrected chi connectivity index (χ2v) is 8.10. The Morgan fingerprint density at radius 2 is 1.67 bits per heavy atom. The zero-order valence-electron chi connectivity index (χ0n) is 17.9. The molecule has 0 unspecified atom stereocenters. The molecular formula is C25H28N2O3. The van der Waals surface area contributed by atoms with Gasteiger partial charge in [-0.2, -0.15) is 0 Å². The minimum atomic E-state index is -0.224. The molecule has 1 fully saturated rings. The standard InChI is InChI=1S/C25H28N2O3/c1-17-11-12-20(18(2)15-17)22-23(26-13-7-4-8-14-26)25(29)27(24(22)28)16-19-9-5-6-10-21(19)30-3/h5-6,9-12,15H,4,7-8,13-14,16H2,1-3H3. The van der Waals surface area contributed by atoms with Gasteiger partial charge in [-0.05, 0) is 50.3 Å². The van der Waals surface area contributed by atoms with E-state index < -0.39 is 0 Å². The maximum Gasteiger partial charge on any atom is 0.278 e. The first-order valence-corrected chi connectivity index (χ1v) is 10.6. The molecule has 0 atom stereocenters. The third-order valence-corrected chi connectivity index (χ3v) is 5.99. The van der Waals surface area contributed by atoms with Gasteiger partial charge in [0.15, 0.2) is 0 Å². The monoisotopic (exact) mass is 404 g/mol. The zero-order chi connectivity index (χ0) is 21.3. The molecule has 0 N–H and O–H groups in total. The molecule has 0 spiro atoms. The van der Waals surface area contributed by atoms with Crippen LogP contribution in [0, 0.1) is 13.8 Å². The average Bonchev–Trinajstić information content (AvgIpc) is 2.99. The second kappa shape index (κ2) is 8.34. The van der Waals surface area contributed by atoms with Crippen LogP contribution in [0.5, 0.6) is 5.75 Å². The highest BCUT2D eigenvalue weighted by atomic mass is 16.5. The number of para-hydroxylation sites is 1. The number of carbonyl (C=O) groups is 2. The fraction of sp³-hybridized carbons (Fsp3) is 0.360. The molecule has 5 nitrogen and oxygen atoms in total. The van der Waals surface area contributed by atoms with Crippen molar-refractivity contribution in [3.8, 4) is 5.75 Å². The van der Waals surface area contributed by atoms with E-state index in [0.717, 1.165) is 54.6 Å². The molecule has 2 aromatic rings. The van der Waals surface area contributed by atoms with Crippen molar-refractivity contribution in [3.63, 3.8) is 0 Å². The molecule has 1 saturated heterocycles. The Bertz CT molecular complexity index is 1020. The van der Waals surface area contributed by atoms with E-state index in [1.807, 2.05) is 50.2 Å². The van der Waals surface area contributed by atoms with Crippen LogP contribution in [0.4, 0.5) is 0 Å². The SMILES string of the molecule is COc1ccccc1CN1C(=O)C(c2ccc(C)cc2C)=C(N2CCCCC2)C1=O. The van der Waals surface area contributed by atoms with Gasteiger partial charge in [0, 0.05) is 18.7 Å². The van der Waals surface area contributed by atoms with Crippen LogP contribution in [0.25, 0.3) is 5.57 Å². The van der Waals surface area contributed by atoms with Crippen LogP contribution in [-0.2, 0) is 16.1 Å². The molecule has 5 heteroatoms. The number of nitrogens with zero attached hydrogens (tertiary/aromatic N) is 2. The molecule has 156 valence electrons. The predicted molar refractivity (Wildman–Crippen MR) is 117 cm³/mol. The number of likely N-dealkylation sites (tertiary alicyclic amines) is 1. The van der Waals surface area contributed by atoms with Crippen molar-refractivity contribution in [3.05, 3.63) is 70.4 Å². The minimum absolute atomic E-state index is 0.202. The summed E-state index contributed by atoms with van der Waals surface area (Å²) in [5.74, 6) is 0.249. The van der Waals surface area contributed by atoms with Crippen molar-refractivity contribution in [2.75, 3.05) is 20.2 Å². The molecule has 30 heavy (non-hydrogen) atoms. The van der Waals surface area contributed by atoms with Crippen LogP contribution in [0.15, 0.2) is 48.2 Å². The zero-order valence-corrected chi connectivity index (χ0v) is 17.9. The Labute approximate surface area is 177 Å². The topological polar surface area (TPSA) is 49.9 Å². The fourth-order valence-corrected chi connectivity index (χ4v) is 4.46. The van der Waals surface area contributed by atoms with Gasteiger partial charge in [0.25, 0.3) is 11.8 Å². The van der Waals surface area contributed by atoms with Gasteiger partial charge in [0.05, 0.1) is 19.2 Å². The Kier molecular flexibility index (Phi) is 5.62. The largest absolute Gasteiger partial charge is 0.496 e. The first kappa shape index (κ1) is 20.2. The Morgan fingerprint density at radius 3 is 2.37 bits per heavy atom. The molecule has 2 amide bonds. The van der Waals surface area contributed by atoms with Gasteiger partial charge >= 0.3 is 0 Å². The lowest BCUT2D eigenvalue weighted by atomic mass is 9.97. The number of methoxy groups -OCH3 is 1. The molecule has 2 aromatic carbocycles. The highest BCUT2D eigenvalue weighted by Crippen LogP contribution is 2.36. The van der Waals surface area contributed by atoms with E-state index in [-0.39, 0.29) is 18.4 Å². The summed E-state index contributed by atoms with van der Waals surface area (Å²) in [6, 6.07) is 13.6.